The van der Waals surface area contributed by atoms with E-state index in [4.69, 9.17) is 18.0 Å². The number of thiocarbonyl (C=S) groups is 1. The van der Waals surface area contributed by atoms with E-state index in [0.29, 0.717) is 4.32 Å². The molecule has 2 aromatic rings. The van der Waals surface area contributed by atoms with Crippen LogP contribution in [0.4, 0.5) is 0 Å². The lowest BCUT2D eigenvalue weighted by Gasteiger charge is -2.21. The maximum atomic E-state index is 6.22. The van der Waals surface area contributed by atoms with Gasteiger partial charge in [-0.2, -0.15) is 0 Å². The summed E-state index contributed by atoms with van der Waals surface area (Å²) in [5, 5.41) is 3.19. The lowest BCUT2D eigenvalue weighted by atomic mass is 9.86. The van der Waals surface area contributed by atoms with Gasteiger partial charge in [0.25, 0.3) is 0 Å². The number of nitrogens with one attached hydrogen (secondary N) is 1. The summed E-state index contributed by atoms with van der Waals surface area (Å²) in [5.41, 5.74) is 9.93. The highest BCUT2D eigenvalue weighted by molar-refractivity contribution is 8.23. The molecule has 0 radical (unpaired) electrons. The van der Waals surface area contributed by atoms with Crippen LogP contribution in [-0.2, 0) is 5.41 Å². The van der Waals surface area contributed by atoms with Gasteiger partial charge in [0.2, 0.25) is 0 Å². The number of benzene rings is 2. The van der Waals surface area contributed by atoms with Crippen LogP contribution in [0.1, 0.15) is 43.6 Å². The molecule has 0 aromatic heterocycles. The minimum atomic E-state index is -0.297. The van der Waals surface area contributed by atoms with E-state index < -0.39 is 0 Å². The zero-order valence-corrected chi connectivity index (χ0v) is 15.7. The average molecular weight is 345 g/mol. The Balaban J connectivity index is 1.96. The Kier molecular flexibility index (Phi) is 5.84. The highest BCUT2D eigenvalue weighted by atomic mass is 32.2. The minimum absolute atomic E-state index is 0.145. The molecule has 122 valence electrons. The fraction of sp³-hybridized carbons (Fsp3) is 0.316. The fourth-order valence-electron chi connectivity index (χ4n) is 2.14. The van der Waals surface area contributed by atoms with Crippen LogP contribution in [-0.4, -0.2) is 4.32 Å². The molecule has 0 amide bonds. The zero-order chi connectivity index (χ0) is 17.0. The van der Waals surface area contributed by atoms with Crippen LogP contribution in [0, 0.1) is 6.92 Å². The van der Waals surface area contributed by atoms with Crippen molar-refractivity contribution in [2.45, 2.75) is 44.2 Å². The number of nitrogens with two attached hydrogens (primary N) is 1. The molecule has 23 heavy (non-hydrogen) atoms. The van der Waals surface area contributed by atoms with Crippen molar-refractivity contribution in [1.82, 2.24) is 5.32 Å². The molecule has 0 aliphatic rings. The first-order valence-corrected chi connectivity index (χ1v) is 8.89. The summed E-state index contributed by atoms with van der Waals surface area (Å²) in [4.78, 5) is 1.11. The van der Waals surface area contributed by atoms with Crippen molar-refractivity contribution in [1.29, 1.82) is 0 Å². The van der Waals surface area contributed by atoms with Crippen molar-refractivity contribution in [3.8, 4) is 0 Å². The molecule has 2 nitrogen and oxygen atoms in total. The molecule has 2 rings (SSSR count). The van der Waals surface area contributed by atoms with E-state index in [1.807, 2.05) is 0 Å². The molecule has 0 spiro atoms. The number of thioether (sulfide) groups is 1. The van der Waals surface area contributed by atoms with Gasteiger partial charge in [0, 0.05) is 4.90 Å². The third-order valence-electron chi connectivity index (χ3n) is 3.64. The summed E-state index contributed by atoms with van der Waals surface area (Å²) in [6.45, 7) is 8.68. The summed E-state index contributed by atoms with van der Waals surface area (Å²) in [6, 6.07) is 16.7. The lowest BCUT2D eigenvalue weighted by Crippen LogP contribution is -2.31. The maximum absolute atomic E-state index is 6.22. The van der Waals surface area contributed by atoms with Crippen molar-refractivity contribution < 1.29 is 0 Å². The average Bonchev–Trinajstić information content (AvgIpc) is 2.49. The number of rotatable bonds is 3. The van der Waals surface area contributed by atoms with E-state index in [1.54, 1.807) is 0 Å². The summed E-state index contributed by atoms with van der Waals surface area (Å²) >= 11 is 6.93. The van der Waals surface area contributed by atoms with Gasteiger partial charge in [-0.3, -0.25) is 0 Å². The van der Waals surface area contributed by atoms with E-state index in [9.17, 15) is 0 Å². The lowest BCUT2D eigenvalue weighted by molar-refractivity contribution is 0.589. The maximum Gasteiger partial charge on any atom is 0.140 e. The van der Waals surface area contributed by atoms with Crippen molar-refractivity contribution in [3.63, 3.8) is 0 Å². The number of hydrogen-bond donors (Lipinski definition) is 2. The van der Waals surface area contributed by atoms with Crippen LogP contribution in [0.5, 0.6) is 0 Å². The van der Waals surface area contributed by atoms with Gasteiger partial charge in [-0.05, 0) is 35.6 Å². The summed E-state index contributed by atoms with van der Waals surface area (Å²) in [5.74, 6) is 0. The van der Waals surface area contributed by atoms with Crippen molar-refractivity contribution in [2.75, 3.05) is 0 Å². The predicted octanol–water partition coefficient (Wildman–Crippen LogP) is 4.92. The molecule has 4 heteroatoms. The van der Waals surface area contributed by atoms with Gasteiger partial charge >= 0.3 is 0 Å². The summed E-state index contributed by atoms with van der Waals surface area (Å²) in [7, 11) is 0. The smallest absolute Gasteiger partial charge is 0.140 e. The Morgan fingerprint density at radius 1 is 1.04 bits per heavy atom. The zero-order valence-electron chi connectivity index (χ0n) is 14.1. The molecule has 0 bridgehead atoms. The quantitative estimate of drug-likeness (QED) is 0.471. The minimum Gasteiger partial charge on any atom is -0.352 e. The Morgan fingerprint density at radius 2 is 1.61 bits per heavy atom. The molecule has 2 aromatic carbocycles. The Labute approximate surface area is 148 Å². The first-order valence-electron chi connectivity index (χ1n) is 7.67. The SMILES string of the molecule is Cc1ccc(SC(=S)NC(N)c2ccc(C(C)(C)C)cc2)cc1. The Hall–Kier alpha value is -1.36. The van der Waals surface area contributed by atoms with E-state index in [0.717, 1.165) is 10.5 Å². The molecule has 0 fully saturated rings. The van der Waals surface area contributed by atoms with Crippen LogP contribution in [0.2, 0.25) is 0 Å². The summed E-state index contributed by atoms with van der Waals surface area (Å²) < 4.78 is 0.682. The van der Waals surface area contributed by atoms with Crippen LogP contribution in [0.3, 0.4) is 0 Å². The first-order chi connectivity index (χ1) is 10.8. The molecular formula is C19H24N2S2. The number of aryl methyl sites for hydroxylation is 1. The van der Waals surface area contributed by atoms with E-state index in [1.165, 1.54) is 22.9 Å². The van der Waals surface area contributed by atoms with E-state index in [-0.39, 0.29) is 11.6 Å². The van der Waals surface area contributed by atoms with Gasteiger partial charge in [-0.1, -0.05) is 86.7 Å². The number of hydrogen-bond acceptors (Lipinski definition) is 3. The second-order valence-corrected chi connectivity index (χ2v) is 8.45. The highest BCUT2D eigenvalue weighted by Gasteiger charge is 2.14. The monoisotopic (exact) mass is 344 g/mol. The van der Waals surface area contributed by atoms with Gasteiger partial charge < -0.3 is 11.1 Å². The van der Waals surface area contributed by atoms with Gasteiger partial charge in [-0.25, -0.2) is 0 Å². The third-order valence-corrected chi connectivity index (χ3v) is 4.82. The van der Waals surface area contributed by atoms with Crippen LogP contribution < -0.4 is 11.1 Å². The second-order valence-electron chi connectivity index (χ2n) is 6.70. The molecule has 0 aliphatic carbocycles. The third kappa shape index (κ3) is 5.34. The van der Waals surface area contributed by atoms with Crippen LogP contribution >= 0.6 is 24.0 Å². The summed E-state index contributed by atoms with van der Waals surface area (Å²) in [6.07, 6.45) is -0.297. The topological polar surface area (TPSA) is 38.0 Å². The molecule has 0 aliphatic heterocycles. The van der Waals surface area contributed by atoms with Gasteiger partial charge in [0.15, 0.2) is 0 Å². The van der Waals surface area contributed by atoms with E-state index in [2.05, 4.69) is 81.5 Å². The largest absolute Gasteiger partial charge is 0.352 e. The molecule has 0 saturated carbocycles. The highest BCUT2D eigenvalue weighted by Crippen LogP contribution is 2.24. The van der Waals surface area contributed by atoms with Crippen molar-refractivity contribution in [3.05, 3.63) is 65.2 Å². The molecule has 3 N–H and O–H groups in total. The van der Waals surface area contributed by atoms with Gasteiger partial charge in [0.05, 0.1) is 0 Å². The van der Waals surface area contributed by atoms with Crippen molar-refractivity contribution in [2.24, 2.45) is 5.73 Å². The predicted molar refractivity (Wildman–Crippen MR) is 105 cm³/mol. The Morgan fingerprint density at radius 3 is 2.13 bits per heavy atom. The normalized spacial score (nSPS) is 12.7. The van der Waals surface area contributed by atoms with Gasteiger partial charge in [0.1, 0.15) is 10.5 Å². The molecule has 1 atom stereocenters. The fourth-order valence-corrected chi connectivity index (χ4v) is 3.23. The second kappa shape index (κ2) is 7.47. The molecule has 0 saturated heterocycles. The van der Waals surface area contributed by atoms with Crippen LogP contribution in [0.25, 0.3) is 0 Å². The van der Waals surface area contributed by atoms with Crippen molar-refractivity contribution >= 4 is 28.3 Å². The standard InChI is InChI=1S/C19H24N2S2/c1-13-5-11-16(12-6-13)23-18(22)21-17(20)14-7-9-15(10-8-14)19(2,3)4/h5-12,17H,20H2,1-4H3,(H,21,22). The van der Waals surface area contributed by atoms with Crippen LogP contribution in [0.15, 0.2) is 53.4 Å². The van der Waals surface area contributed by atoms with E-state index >= 15 is 0 Å². The van der Waals surface area contributed by atoms with Gasteiger partial charge in [-0.15, -0.1) is 0 Å². The molecule has 1 unspecified atom stereocenters. The Bertz CT molecular complexity index is 655. The first kappa shape index (κ1) is 18.0. The molecular weight excluding hydrogens is 320 g/mol. The molecule has 0 heterocycles.